The summed E-state index contributed by atoms with van der Waals surface area (Å²) in [5, 5.41) is 9.39. The van der Waals surface area contributed by atoms with Crippen LogP contribution in [0.4, 0.5) is 4.79 Å². The summed E-state index contributed by atoms with van der Waals surface area (Å²) < 4.78 is 0. The molecule has 0 aliphatic carbocycles. The number of β-amino-alcohol motifs (C(OH)–C–C–N with tert-alkyl or cyclic N) is 1. The van der Waals surface area contributed by atoms with Gasteiger partial charge in [-0.1, -0.05) is 12.8 Å². The minimum atomic E-state index is -0.305. The first kappa shape index (κ1) is 10.7. The lowest BCUT2D eigenvalue weighted by molar-refractivity contribution is 0.147. The molecule has 0 unspecified atom stereocenters. The summed E-state index contributed by atoms with van der Waals surface area (Å²) in [5.41, 5.74) is 0. The SMILES string of the molecule is O=C(N1CCCCCC1)N1CC[C@@H](O)C1. The molecule has 2 aliphatic heterocycles. The zero-order valence-corrected chi connectivity index (χ0v) is 9.19. The molecule has 0 bridgehead atoms. The first-order valence-electron chi connectivity index (χ1n) is 5.99. The maximum atomic E-state index is 12.0. The van der Waals surface area contributed by atoms with Crippen LogP contribution in [0.25, 0.3) is 0 Å². The second-order valence-electron chi connectivity index (χ2n) is 4.57. The largest absolute Gasteiger partial charge is 0.391 e. The van der Waals surface area contributed by atoms with Gasteiger partial charge in [0.2, 0.25) is 0 Å². The van der Waals surface area contributed by atoms with Crippen LogP contribution in [0.15, 0.2) is 0 Å². The number of hydrogen-bond donors (Lipinski definition) is 1. The van der Waals surface area contributed by atoms with Crippen molar-refractivity contribution in [2.24, 2.45) is 0 Å². The number of hydrogen-bond acceptors (Lipinski definition) is 2. The molecule has 4 nitrogen and oxygen atoms in total. The van der Waals surface area contributed by atoms with Crippen molar-refractivity contribution in [2.45, 2.75) is 38.2 Å². The van der Waals surface area contributed by atoms with Crippen molar-refractivity contribution >= 4 is 6.03 Å². The molecule has 2 fully saturated rings. The average molecular weight is 212 g/mol. The summed E-state index contributed by atoms with van der Waals surface area (Å²) in [7, 11) is 0. The Labute approximate surface area is 90.9 Å². The Morgan fingerprint density at radius 3 is 2.20 bits per heavy atom. The third kappa shape index (κ3) is 2.62. The van der Waals surface area contributed by atoms with E-state index in [1.54, 1.807) is 4.90 Å². The molecular weight excluding hydrogens is 192 g/mol. The second kappa shape index (κ2) is 4.84. The van der Waals surface area contributed by atoms with Crippen LogP contribution in [0, 0.1) is 0 Å². The molecule has 1 atom stereocenters. The Kier molecular flexibility index (Phi) is 3.46. The quantitative estimate of drug-likeness (QED) is 0.652. The summed E-state index contributed by atoms with van der Waals surface area (Å²) in [4.78, 5) is 15.8. The van der Waals surface area contributed by atoms with E-state index in [1.807, 2.05) is 4.90 Å². The number of carbonyl (C=O) groups is 1. The van der Waals surface area contributed by atoms with Gasteiger partial charge < -0.3 is 14.9 Å². The predicted molar refractivity (Wildman–Crippen MR) is 57.6 cm³/mol. The Bertz CT molecular complexity index is 225. The van der Waals surface area contributed by atoms with Gasteiger partial charge in [-0.05, 0) is 19.3 Å². The van der Waals surface area contributed by atoms with Crippen molar-refractivity contribution in [2.75, 3.05) is 26.2 Å². The Morgan fingerprint density at radius 1 is 1.00 bits per heavy atom. The van der Waals surface area contributed by atoms with Gasteiger partial charge >= 0.3 is 6.03 Å². The van der Waals surface area contributed by atoms with Crippen LogP contribution < -0.4 is 0 Å². The third-order valence-electron chi connectivity index (χ3n) is 3.31. The Balaban J connectivity index is 1.88. The van der Waals surface area contributed by atoms with Crippen molar-refractivity contribution in [1.29, 1.82) is 0 Å². The summed E-state index contributed by atoms with van der Waals surface area (Å²) in [6, 6.07) is 0.133. The molecule has 2 rings (SSSR count). The van der Waals surface area contributed by atoms with Crippen molar-refractivity contribution in [3.05, 3.63) is 0 Å². The molecule has 0 aromatic heterocycles. The van der Waals surface area contributed by atoms with Gasteiger partial charge in [-0.25, -0.2) is 4.79 Å². The van der Waals surface area contributed by atoms with E-state index in [1.165, 1.54) is 12.8 Å². The number of aliphatic hydroxyl groups is 1. The summed E-state index contributed by atoms with van der Waals surface area (Å²) in [6.45, 7) is 3.03. The Morgan fingerprint density at radius 2 is 1.67 bits per heavy atom. The van der Waals surface area contributed by atoms with E-state index in [0.717, 1.165) is 38.9 Å². The molecular formula is C11H20N2O2. The highest BCUT2D eigenvalue weighted by Crippen LogP contribution is 2.15. The van der Waals surface area contributed by atoms with Gasteiger partial charge in [0.15, 0.2) is 0 Å². The van der Waals surface area contributed by atoms with E-state index in [0.29, 0.717) is 6.54 Å². The van der Waals surface area contributed by atoms with E-state index in [9.17, 15) is 9.90 Å². The highest BCUT2D eigenvalue weighted by molar-refractivity contribution is 5.74. The topological polar surface area (TPSA) is 43.8 Å². The third-order valence-corrected chi connectivity index (χ3v) is 3.31. The molecule has 2 heterocycles. The number of amides is 2. The molecule has 2 amide bonds. The van der Waals surface area contributed by atoms with Crippen molar-refractivity contribution in [1.82, 2.24) is 9.80 Å². The van der Waals surface area contributed by atoms with Crippen LogP contribution in [0.5, 0.6) is 0 Å². The van der Waals surface area contributed by atoms with Crippen molar-refractivity contribution in [3.63, 3.8) is 0 Å². The van der Waals surface area contributed by atoms with Gasteiger partial charge in [0.05, 0.1) is 6.10 Å². The van der Waals surface area contributed by atoms with Crippen LogP contribution in [-0.2, 0) is 0 Å². The van der Waals surface area contributed by atoms with Crippen molar-refractivity contribution in [3.8, 4) is 0 Å². The lowest BCUT2D eigenvalue weighted by Gasteiger charge is -2.26. The standard InChI is InChI=1S/C11H20N2O2/c14-10-5-8-13(9-10)11(15)12-6-3-1-2-4-7-12/h10,14H,1-9H2/t10-/m1/s1. The van der Waals surface area contributed by atoms with Gasteiger partial charge in [0.1, 0.15) is 0 Å². The number of rotatable bonds is 0. The van der Waals surface area contributed by atoms with E-state index in [2.05, 4.69) is 0 Å². The molecule has 0 spiro atoms. The van der Waals surface area contributed by atoms with Crippen LogP contribution >= 0.6 is 0 Å². The summed E-state index contributed by atoms with van der Waals surface area (Å²) in [6.07, 6.45) is 5.17. The first-order valence-corrected chi connectivity index (χ1v) is 5.99. The highest BCUT2D eigenvalue weighted by Gasteiger charge is 2.28. The van der Waals surface area contributed by atoms with Crippen molar-refractivity contribution < 1.29 is 9.90 Å². The van der Waals surface area contributed by atoms with Gasteiger partial charge in [0, 0.05) is 26.2 Å². The lowest BCUT2D eigenvalue weighted by Crippen LogP contribution is -2.42. The van der Waals surface area contributed by atoms with Crippen LogP contribution in [0.3, 0.4) is 0 Å². The van der Waals surface area contributed by atoms with Crippen LogP contribution in [-0.4, -0.2) is 53.2 Å². The fourth-order valence-corrected chi connectivity index (χ4v) is 2.38. The Hall–Kier alpha value is -0.770. The number of aliphatic hydroxyl groups excluding tert-OH is 1. The summed E-state index contributed by atoms with van der Waals surface area (Å²) in [5.74, 6) is 0. The second-order valence-corrected chi connectivity index (χ2v) is 4.57. The van der Waals surface area contributed by atoms with Crippen LogP contribution in [0.2, 0.25) is 0 Å². The minimum absolute atomic E-state index is 0.133. The smallest absolute Gasteiger partial charge is 0.320 e. The predicted octanol–water partition coefficient (Wildman–Crippen LogP) is 1.05. The molecule has 15 heavy (non-hydrogen) atoms. The number of carbonyl (C=O) groups excluding carboxylic acids is 1. The zero-order valence-electron chi connectivity index (χ0n) is 9.19. The highest BCUT2D eigenvalue weighted by atomic mass is 16.3. The summed E-state index contributed by atoms with van der Waals surface area (Å²) >= 11 is 0. The molecule has 2 saturated heterocycles. The molecule has 0 aromatic carbocycles. The normalized spacial score (nSPS) is 27.9. The zero-order chi connectivity index (χ0) is 10.7. The number of urea groups is 1. The van der Waals surface area contributed by atoms with E-state index < -0.39 is 0 Å². The van der Waals surface area contributed by atoms with Crippen LogP contribution in [0.1, 0.15) is 32.1 Å². The number of nitrogens with zero attached hydrogens (tertiary/aromatic N) is 2. The molecule has 86 valence electrons. The van der Waals surface area contributed by atoms with E-state index >= 15 is 0 Å². The van der Waals surface area contributed by atoms with Gasteiger partial charge in [-0.2, -0.15) is 0 Å². The van der Waals surface area contributed by atoms with E-state index in [4.69, 9.17) is 0 Å². The molecule has 0 aromatic rings. The maximum absolute atomic E-state index is 12.0. The molecule has 0 saturated carbocycles. The monoisotopic (exact) mass is 212 g/mol. The van der Waals surface area contributed by atoms with Gasteiger partial charge in [-0.3, -0.25) is 0 Å². The average Bonchev–Trinajstić information content (AvgIpc) is 2.53. The lowest BCUT2D eigenvalue weighted by atomic mass is 10.2. The first-order chi connectivity index (χ1) is 7.27. The fraction of sp³-hybridized carbons (Fsp3) is 0.909. The molecule has 0 radical (unpaired) electrons. The van der Waals surface area contributed by atoms with Gasteiger partial charge in [-0.15, -0.1) is 0 Å². The maximum Gasteiger partial charge on any atom is 0.320 e. The van der Waals surface area contributed by atoms with Gasteiger partial charge in [0.25, 0.3) is 0 Å². The molecule has 1 N–H and O–H groups in total. The van der Waals surface area contributed by atoms with E-state index in [-0.39, 0.29) is 12.1 Å². The fourth-order valence-electron chi connectivity index (χ4n) is 2.38. The molecule has 2 aliphatic rings. The minimum Gasteiger partial charge on any atom is -0.391 e. The number of likely N-dealkylation sites (tertiary alicyclic amines) is 2. The molecule has 4 heteroatoms.